The van der Waals surface area contributed by atoms with Gasteiger partial charge in [-0.2, -0.15) is 13.2 Å². The largest absolute Gasteiger partial charge is 0.416 e. The summed E-state index contributed by atoms with van der Waals surface area (Å²) in [6, 6.07) is 9.85. The Morgan fingerprint density at radius 1 is 1.15 bits per heavy atom. The summed E-state index contributed by atoms with van der Waals surface area (Å²) < 4.78 is 41.1. The molecule has 1 aliphatic carbocycles. The molecule has 140 valence electrons. The van der Waals surface area contributed by atoms with Crippen LogP contribution < -0.4 is 11.1 Å². The number of halogens is 4. The summed E-state index contributed by atoms with van der Waals surface area (Å²) in [5, 5.41) is 3.14. The van der Waals surface area contributed by atoms with Crippen molar-refractivity contribution in [1.29, 1.82) is 0 Å². The molecule has 3 nitrogen and oxygen atoms in total. The summed E-state index contributed by atoms with van der Waals surface area (Å²) in [7, 11) is 0. The molecular weight excluding hydrogens is 397 g/mol. The Labute approximate surface area is 163 Å². The van der Waals surface area contributed by atoms with Crippen LogP contribution in [-0.2, 0) is 21.9 Å². The van der Waals surface area contributed by atoms with E-state index in [1.165, 1.54) is 18.2 Å². The zero-order valence-electron chi connectivity index (χ0n) is 13.9. The lowest BCUT2D eigenvalue weighted by atomic mass is 9.64. The predicted octanol–water partition coefficient (Wildman–Crippen LogP) is 4.57. The Bertz CT molecular complexity index is 993. The van der Waals surface area contributed by atoms with Gasteiger partial charge in [0.25, 0.3) is 0 Å². The number of rotatable bonds is 1. The maximum absolute atomic E-state index is 13.7. The van der Waals surface area contributed by atoms with E-state index in [9.17, 15) is 18.0 Å². The van der Waals surface area contributed by atoms with Gasteiger partial charge in [0.05, 0.1) is 11.1 Å². The van der Waals surface area contributed by atoms with Crippen LogP contribution in [0, 0.1) is 0 Å². The van der Waals surface area contributed by atoms with Crippen molar-refractivity contribution in [2.45, 2.75) is 30.0 Å². The van der Waals surface area contributed by atoms with Crippen LogP contribution in [0.25, 0.3) is 0 Å². The molecule has 1 aliphatic heterocycles. The molecule has 1 amide bonds. The maximum atomic E-state index is 13.7. The Morgan fingerprint density at radius 3 is 2.56 bits per heavy atom. The highest BCUT2D eigenvalue weighted by Crippen LogP contribution is 2.58. The van der Waals surface area contributed by atoms with Gasteiger partial charge in [-0.25, -0.2) is 0 Å². The summed E-state index contributed by atoms with van der Waals surface area (Å²) >= 11 is 11.4. The minimum Gasteiger partial charge on any atom is -0.325 e. The van der Waals surface area contributed by atoms with E-state index in [1.54, 1.807) is 18.2 Å². The summed E-state index contributed by atoms with van der Waals surface area (Å²) in [5.74, 6) is -0.459. The Kier molecular flexibility index (Phi) is 3.93. The molecule has 1 saturated carbocycles. The third-order valence-electron chi connectivity index (χ3n) is 5.57. The molecule has 0 radical (unpaired) electrons. The van der Waals surface area contributed by atoms with E-state index < -0.39 is 28.6 Å². The number of fused-ring (bicyclic) bond motifs is 2. The van der Waals surface area contributed by atoms with Crippen LogP contribution in [0.1, 0.15) is 29.5 Å². The first kappa shape index (κ1) is 18.4. The molecule has 0 saturated heterocycles. The average molecular weight is 411 g/mol. The molecule has 4 rings (SSSR count). The van der Waals surface area contributed by atoms with Gasteiger partial charge < -0.3 is 11.1 Å². The highest BCUT2D eigenvalue weighted by molar-refractivity contribution is 7.80. The molecular formula is C19H14ClF3N2OS. The third kappa shape index (κ3) is 2.31. The molecule has 2 aromatic rings. The molecule has 2 aliphatic rings. The Morgan fingerprint density at radius 2 is 1.85 bits per heavy atom. The van der Waals surface area contributed by atoms with E-state index in [4.69, 9.17) is 29.6 Å². The van der Waals surface area contributed by atoms with E-state index in [-0.39, 0.29) is 23.3 Å². The minimum atomic E-state index is -4.62. The number of anilines is 1. The van der Waals surface area contributed by atoms with Crippen LogP contribution in [0.4, 0.5) is 18.9 Å². The number of hydrogen-bond acceptors (Lipinski definition) is 3. The minimum absolute atomic E-state index is 0.182. The summed E-state index contributed by atoms with van der Waals surface area (Å²) in [6.07, 6.45) is -4.12. The van der Waals surface area contributed by atoms with Gasteiger partial charge in [-0.1, -0.05) is 48.1 Å². The highest BCUT2D eigenvalue weighted by Gasteiger charge is 2.66. The molecule has 8 heteroatoms. The smallest absolute Gasteiger partial charge is 0.325 e. The molecule has 1 spiro atoms. The van der Waals surface area contributed by atoms with Gasteiger partial charge in [0, 0.05) is 15.6 Å². The van der Waals surface area contributed by atoms with Crippen molar-refractivity contribution in [1.82, 2.24) is 0 Å². The lowest BCUT2D eigenvalue weighted by Crippen LogP contribution is -2.59. The summed E-state index contributed by atoms with van der Waals surface area (Å²) in [5.41, 5.74) is 3.41. The van der Waals surface area contributed by atoms with E-state index >= 15 is 0 Å². The van der Waals surface area contributed by atoms with Gasteiger partial charge in [-0.05, 0) is 42.2 Å². The lowest BCUT2D eigenvalue weighted by molar-refractivity contribution is -0.139. The van der Waals surface area contributed by atoms with E-state index in [1.807, 2.05) is 0 Å². The van der Waals surface area contributed by atoms with Crippen molar-refractivity contribution >= 4 is 40.3 Å². The molecule has 1 fully saturated rings. The quantitative estimate of drug-likeness (QED) is 0.677. The zero-order chi connectivity index (χ0) is 19.6. The highest BCUT2D eigenvalue weighted by atomic mass is 35.5. The summed E-state index contributed by atoms with van der Waals surface area (Å²) in [4.78, 5) is 13.3. The summed E-state index contributed by atoms with van der Waals surface area (Å²) in [6.45, 7) is 0. The first-order valence-corrected chi connectivity index (χ1v) is 9.01. The fourth-order valence-electron chi connectivity index (χ4n) is 4.37. The van der Waals surface area contributed by atoms with Gasteiger partial charge >= 0.3 is 6.18 Å². The number of nitrogens with two attached hydrogens (primary N) is 1. The number of nitrogens with one attached hydrogen (secondary N) is 1. The zero-order valence-corrected chi connectivity index (χ0v) is 15.4. The predicted molar refractivity (Wildman–Crippen MR) is 101 cm³/mol. The maximum Gasteiger partial charge on any atom is 0.416 e. The molecule has 0 unspecified atom stereocenters. The molecule has 1 heterocycles. The number of amides is 1. The fraction of sp³-hybridized carbons (Fsp3) is 0.263. The molecule has 27 heavy (non-hydrogen) atoms. The van der Waals surface area contributed by atoms with Crippen LogP contribution >= 0.6 is 23.8 Å². The fourth-order valence-corrected chi connectivity index (χ4v) is 4.93. The number of hydrogen-bond donors (Lipinski definition) is 2. The second-order valence-corrected chi connectivity index (χ2v) is 7.75. The topological polar surface area (TPSA) is 55.1 Å². The standard InChI is InChI=1S/C19H14ClF3N2OS/c20-10-5-6-13-14(9-10)25-16(26)17(13)8-7-15(27)18(17,24)11-3-1-2-4-12(11)19(21,22)23/h1-6,9H,7-8,24H2,(H,25,26)/t17-,18+/m0/s1. The number of benzene rings is 2. The monoisotopic (exact) mass is 410 g/mol. The second kappa shape index (κ2) is 5.77. The third-order valence-corrected chi connectivity index (χ3v) is 6.34. The first-order valence-electron chi connectivity index (χ1n) is 8.23. The Hall–Kier alpha value is -1.96. The van der Waals surface area contributed by atoms with E-state index in [2.05, 4.69) is 5.32 Å². The molecule has 0 aromatic heterocycles. The van der Waals surface area contributed by atoms with Gasteiger partial charge in [0.2, 0.25) is 5.91 Å². The number of alkyl halides is 3. The number of carbonyl (C=O) groups is 1. The molecule has 3 N–H and O–H groups in total. The van der Waals surface area contributed by atoms with Crippen molar-refractivity contribution in [3.8, 4) is 0 Å². The second-order valence-electron chi connectivity index (χ2n) is 6.82. The molecule has 0 bridgehead atoms. The molecule has 2 aromatic carbocycles. The Balaban J connectivity index is 2.04. The van der Waals surface area contributed by atoms with Crippen molar-refractivity contribution < 1.29 is 18.0 Å². The van der Waals surface area contributed by atoms with Crippen molar-refractivity contribution in [3.05, 3.63) is 64.2 Å². The van der Waals surface area contributed by atoms with Crippen molar-refractivity contribution in [2.75, 3.05) is 5.32 Å². The van der Waals surface area contributed by atoms with Crippen molar-refractivity contribution in [2.24, 2.45) is 5.73 Å². The molecule has 2 atom stereocenters. The number of carbonyl (C=O) groups excluding carboxylic acids is 1. The average Bonchev–Trinajstić information content (AvgIpc) is 3.04. The number of thiocarbonyl (C=S) groups is 1. The van der Waals surface area contributed by atoms with E-state index in [0.717, 1.165) is 6.07 Å². The van der Waals surface area contributed by atoms with Crippen LogP contribution in [0.3, 0.4) is 0 Å². The first-order chi connectivity index (χ1) is 12.6. The lowest BCUT2D eigenvalue weighted by Gasteiger charge is -2.40. The normalized spacial score (nSPS) is 27.1. The van der Waals surface area contributed by atoms with Crippen LogP contribution in [0.5, 0.6) is 0 Å². The van der Waals surface area contributed by atoms with Crippen LogP contribution in [0.15, 0.2) is 42.5 Å². The van der Waals surface area contributed by atoms with Crippen LogP contribution in [0.2, 0.25) is 5.02 Å². The van der Waals surface area contributed by atoms with Crippen molar-refractivity contribution in [3.63, 3.8) is 0 Å². The van der Waals surface area contributed by atoms with E-state index in [0.29, 0.717) is 16.3 Å². The van der Waals surface area contributed by atoms with Gasteiger partial charge in [0.15, 0.2) is 0 Å². The van der Waals surface area contributed by atoms with Crippen LogP contribution in [-0.4, -0.2) is 10.8 Å². The van der Waals surface area contributed by atoms with Gasteiger partial charge in [-0.3, -0.25) is 4.79 Å². The van der Waals surface area contributed by atoms with Gasteiger partial charge in [0.1, 0.15) is 5.41 Å². The SMILES string of the molecule is N[C@]1(c2ccccc2C(F)(F)F)C(=S)CC[C@]12C(=O)Nc1cc(Cl)ccc12. The van der Waals surface area contributed by atoms with Gasteiger partial charge in [-0.15, -0.1) is 0 Å².